The van der Waals surface area contributed by atoms with Gasteiger partial charge in [0.25, 0.3) is 0 Å². The molecule has 0 unspecified atom stereocenters. The van der Waals surface area contributed by atoms with E-state index in [1.54, 1.807) is 0 Å². The third-order valence-electron chi connectivity index (χ3n) is 10.2. The van der Waals surface area contributed by atoms with Crippen molar-refractivity contribution in [2.45, 2.75) is 125 Å². The zero-order valence-corrected chi connectivity index (χ0v) is 49.5. The molecule has 0 aliphatic rings. The van der Waals surface area contributed by atoms with Gasteiger partial charge in [-0.2, -0.15) is 0 Å². The van der Waals surface area contributed by atoms with E-state index in [0.29, 0.717) is 0 Å². The molecule has 3 nitrogen and oxygen atoms in total. The van der Waals surface area contributed by atoms with Crippen LogP contribution in [0.1, 0.15) is 125 Å². The predicted molar refractivity (Wildman–Crippen MR) is 343 cm³/mol. The fourth-order valence-corrected chi connectivity index (χ4v) is 7.44. The monoisotopic (exact) mass is 1000 g/mol. The van der Waals surface area contributed by atoms with Gasteiger partial charge in [0.2, 0.25) is 0 Å². The summed E-state index contributed by atoms with van der Waals surface area (Å²) in [6, 6.07) is 88.1. The second kappa shape index (κ2) is 42.8. The van der Waals surface area contributed by atoms with Crippen molar-refractivity contribution in [1.82, 2.24) is 0 Å². The van der Waals surface area contributed by atoms with Crippen molar-refractivity contribution in [2.75, 3.05) is 14.7 Å². The van der Waals surface area contributed by atoms with Crippen LogP contribution in [0.4, 0.5) is 51.2 Å². The van der Waals surface area contributed by atoms with Gasteiger partial charge >= 0.3 is 0 Å². The zero-order chi connectivity index (χ0) is 56.2. The first-order valence-corrected chi connectivity index (χ1v) is 28.4. The Kier molecular flexibility index (Phi) is 38.5. The van der Waals surface area contributed by atoms with E-state index in [2.05, 4.69) is 263 Å². The van der Waals surface area contributed by atoms with Gasteiger partial charge in [-0.05, 0) is 131 Å². The highest BCUT2D eigenvalue weighted by atomic mass is 15.2. The molecule has 0 N–H and O–H groups in total. The van der Waals surface area contributed by atoms with Crippen LogP contribution in [0.5, 0.6) is 0 Å². The van der Waals surface area contributed by atoms with Crippen molar-refractivity contribution in [2.24, 2.45) is 0 Å². The Morgan fingerprint density at radius 1 is 0.133 bits per heavy atom. The van der Waals surface area contributed by atoms with Crippen molar-refractivity contribution in [1.29, 1.82) is 0 Å². The maximum Gasteiger partial charge on any atom is 0.0462 e. The number of hydrogen-bond acceptors (Lipinski definition) is 3. The van der Waals surface area contributed by atoms with Crippen LogP contribution in [0.25, 0.3) is 22.3 Å². The van der Waals surface area contributed by atoms with Gasteiger partial charge < -0.3 is 14.7 Å². The quantitative estimate of drug-likeness (QED) is 0.128. The molecule has 0 saturated carbocycles. The number of para-hydroxylation sites is 5. The van der Waals surface area contributed by atoms with Crippen molar-refractivity contribution in [3.05, 3.63) is 249 Å². The Balaban J connectivity index is 0.00000276. The second-order valence-electron chi connectivity index (χ2n) is 13.9. The third-order valence-corrected chi connectivity index (χ3v) is 10.2. The SMILES string of the molecule is CC.CC.CC.CC.CC.CC.CC.CC.CC.c1ccc(N(c2ccccc2)c2ccc(-c3ccc(N(c4ccccc4)c4ccc(-c5ccc(N(c6ccccc6)c6ccccc6)cc5)cc4)cc3)cc2)cc1. The lowest BCUT2D eigenvalue weighted by atomic mass is 10.0. The molecule has 0 amide bonds. The molecule has 0 saturated heterocycles. The average Bonchev–Trinajstić information content (AvgIpc) is 3.54. The van der Waals surface area contributed by atoms with E-state index in [-0.39, 0.29) is 0 Å². The first kappa shape index (κ1) is 67.4. The summed E-state index contributed by atoms with van der Waals surface area (Å²) >= 11 is 0. The van der Waals surface area contributed by atoms with Gasteiger partial charge in [-0.1, -0.05) is 264 Å². The maximum atomic E-state index is 2.31. The number of nitrogens with zero attached hydrogens (tertiary/aromatic N) is 3. The van der Waals surface area contributed by atoms with Gasteiger partial charge in [-0.25, -0.2) is 0 Å². The van der Waals surface area contributed by atoms with Crippen LogP contribution in [0.2, 0.25) is 0 Å². The predicted octanol–water partition coefficient (Wildman–Crippen LogP) is 24.7. The van der Waals surface area contributed by atoms with Crippen LogP contribution in [0, 0.1) is 0 Å². The minimum Gasteiger partial charge on any atom is -0.311 e. The first-order chi connectivity index (χ1) is 37.3. The Morgan fingerprint density at radius 3 is 0.360 bits per heavy atom. The van der Waals surface area contributed by atoms with Crippen LogP contribution >= 0.6 is 0 Å². The molecule has 0 heterocycles. The normalized spacial score (nSPS) is 8.93. The van der Waals surface area contributed by atoms with E-state index >= 15 is 0 Å². The molecular weight excluding hydrogens is 907 g/mol. The highest BCUT2D eigenvalue weighted by Gasteiger charge is 2.16. The second-order valence-corrected chi connectivity index (χ2v) is 13.9. The van der Waals surface area contributed by atoms with Gasteiger partial charge in [0, 0.05) is 51.2 Å². The lowest BCUT2D eigenvalue weighted by Crippen LogP contribution is -2.10. The molecule has 9 aromatic carbocycles. The third kappa shape index (κ3) is 20.3. The highest BCUT2D eigenvalue weighted by Crippen LogP contribution is 2.40. The molecule has 9 aromatic rings. The summed E-state index contributed by atoms with van der Waals surface area (Å²) in [6.45, 7) is 36.0. The standard InChI is InChI=1S/C54H41N3.9C2H6/c1-6-16-46(17-7-1)55(47-18-8-2-9-19-47)51-34-26-42(27-35-51)44-30-38-53(39-31-44)57(50-24-14-5-15-25-50)54-40-32-45(33-41-54)43-28-36-52(37-29-43)56(48-20-10-3-11-21-48)49-22-12-4-13-23-49;9*1-2/h1-41H;9*1-2H3. The van der Waals surface area contributed by atoms with E-state index in [4.69, 9.17) is 0 Å². The van der Waals surface area contributed by atoms with Crippen molar-refractivity contribution in [3.8, 4) is 22.3 Å². The molecule has 398 valence electrons. The van der Waals surface area contributed by atoms with Crippen molar-refractivity contribution < 1.29 is 0 Å². The minimum atomic E-state index is 1.10. The average molecular weight is 1000 g/mol. The van der Waals surface area contributed by atoms with Gasteiger partial charge in [-0.3, -0.25) is 0 Å². The van der Waals surface area contributed by atoms with Crippen LogP contribution in [-0.2, 0) is 0 Å². The largest absolute Gasteiger partial charge is 0.311 e. The van der Waals surface area contributed by atoms with Crippen molar-refractivity contribution >= 4 is 51.2 Å². The Morgan fingerprint density at radius 2 is 0.240 bits per heavy atom. The van der Waals surface area contributed by atoms with Gasteiger partial charge in [0.1, 0.15) is 0 Å². The highest BCUT2D eigenvalue weighted by molar-refractivity contribution is 5.83. The molecule has 0 bridgehead atoms. The number of hydrogen-bond donors (Lipinski definition) is 0. The summed E-state index contributed by atoms with van der Waals surface area (Å²) in [5.74, 6) is 0. The number of anilines is 9. The van der Waals surface area contributed by atoms with E-state index in [0.717, 1.165) is 51.2 Å². The molecule has 0 radical (unpaired) electrons. The maximum absolute atomic E-state index is 2.31. The smallest absolute Gasteiger partial charge is 0.0462 e. The zero-order valence-electron chi connectivity index (χ0n) is 49.5. The molecule has 0 aromatic heterocycles. The minimum absolute atomic E-state index is 1.10. The van der Waals surface area contributed by atoms with Crippen LogP contribution in [-0.4, -0.2) is 0 Å². The summed E-state index contributed by atoms with van der Waals surface area (Å²) < 4.78 is 0. The van der Waals surface area contributed by atoms with Crippen LogP contribution in [0.15, 0.2) is 249 Å². The molecular formula is C72H95N3. The molecule has 0 aliphatic carbocycles. The first-order valence-electron chi connectivity index (χ1n) is 28.4. The van der Waals surface area contributed by atoms with Crippen LogP contribution < -0.4 is 14.7 Å². The topological polar surface area (TPSA) is 9.72 Å². The van der Waals surface area contributed by atoms with Crippen LogP contribution in [0.3, 0.4) is 0 Å². The molecule has 0 spiro atoms. The van der Waals surface area contributed by atoms with E-state index in [1.807, 2.05) is 125 Å². The Hall–Kier alpha value is -7.62. The summed E-state index contributed by atoms with van der Waals surface area (Å²) in [5.41, 5.74) is 14.7. The fourth-order valence-electron chi connectivity index (χ4n) is 7.44. The lowest BCUT2D eigenvalue weighted by Gasteiger charge is -2.26. The molecule has 0 aliphatic heterocycles. The summed E-state index contributed by atoms with van der Waals surface area (Å²) in [7, 11) is 0. The van der Waals surface area contributed by atoms with E-state index in [9.17, 15) is 0 Å². The molecule has 3 heteroatoms. The number of rotatable bonds is 11. The molecule has 0 fully saturated rings. The summed E-state index contributed by atoms with van der Waals surface area (Å²) in [4.78, 5) is 6.89. The van der Waals surface area contributed by atoms with Gasteiger partial charge in [0.15, 0.2) is 0 Å². The van der Waals surface area contributed by atoms with E-state index in [1.165, 1.54) is 22.3 Å². The van der Waals surface area contributed by atoms with Crippen molar-refractivity contribution in [3.63, 3.8) is 0 Å². The Labute approximate surface area is 459 Å². The lowest BCUT2D eigenvalue weighted by molar-refractivity contribution is 1.28. The van der Waals surface area contributed by atoms with Gasteiger partial charge in [0.05, 0.1) is 0 Å². The van der Waals surface area contributed by atoms with E-state index < -0.39 is 0 Å². The van der Waals surface area contributed by atoms with Gasteiger partial charge in [-0.15, -0.1) is 0 Å². The fraction of sp³-hybridized carbons (Fsp3) is 0.250. The molecule has 75 heavy (non-hydrogen) atoms. The Bertz CT molecular complexity index is 2360. The molecule has 9 rings (SSSR count). The molecule has 0 atom stereocenters. The number of benzene rings is 9. The summed E-state index contributed by atoms with van der Waals surface area (Å²) in [5, 5.41) is 0. The summed E-state index contributed by atoms with van der Waals surface area (Å²) in [6.07, 6.45) is 0.